The third kappa shape index (κ3) is 4.60. The van der Waals surface area contributed by atoms with Crippen molar-refractivity contribution in [3.63, 3.8) is 0 Å². The van der Waals surface area contributed by atoms with Crippen LogP contribution in [0.4, 0.5) is 16.2 Å². The first-order valence-corrected chi connectivity index (χ1v) is 9.72. The van der Waals surface area contributed by atoms with E-state index in [9.17, 15) is 13.2 Å². The fraction of sp³-hybridized carbons (Fsp3) is 0.562. The van der Waals surface area contributed by atoms with Crippen LogP contribution in [0.2, 0.25) is 0 Å². The van der Waals surface area contributed by atoms with Gasteiger partial charge in [0.15, 0.2) is 0 Å². The van der Waals surface area contributed by atoms with Crippen LogP contribution in [0.5, 0.6) is 0 Å². The average molecular weight is 339 g/mol. The second-order valence-corrected chi connectivity index (χ2v) is 8.24. The first-order valence-electron chi connectivity index (χ1n) is 7.88. The van der Waals surface area contributed by atoms with Crippen LogP contribution in [0.25, 0.3) is 0 Å². The zero-order chi connectivity index (χ0) is 17.0. The Kier molecular flexibility index (Phi) is 5.51. The van der Waals surface area contributed by atoms with Gasteiger partial charge in [0, 0.05) is 20.1 Å². The Balaban J connectivity index is 2.18. The molecule has 0 bridgehead atoms. The second kappa shape index (κ2) is 7.21. The lowest BCUT2D eigenvalue weighted by Gasteiger charge is -2.25. The number of amides is 2. The molecule has 0 saturated carbocycles. The van der Waals surface area contributed by atoms with Crippen LogP contribution in [-0.2, 0) is 10.0 Å². The highest BCUT2D eigenvalue weighted by Gasteiger charge is 2.22. The molecule has 1 unspecified atom stereocenters. The highest BCUT2D eigenvalue weighted by molar-refractivity contribution is 7.92. The molecular formula is C16H25N3O3S. The minimum Gasteiger partial charge on any atom is -0.324 e. The number of nitrogens with one attached hydrogen (secondary N) is 1. The Bertz CT molecular complexity index is 660. The molecule has 1 atom stereocenters. The summed E-state index contributed by atoms with van der Waals surface area (Å²) in [6.07, 6.45) is 4.42. The molecule has 0 radical (unpaired) electrons. The number of para-hydroxylation sites is 2. The van der Waals surface area contributed by atoms with E-state index in [-0.39, 0.29) is 6.03 Å². The standard InChI is InChI=1S/C16H25N3O3S/c1-13-8-6-7-11-19(12-13)16(20)17-14-9-4-5-10-15(14)18(2)23(3,21)22/h4-5,9-10,13H,6-8,11-12H2,1-3H3,(H,17,20). The summed E-state index contributed by atoms with van der Waals surface area (Å²) < 4.78 is 24.7. The van der Waals surface area contributed by atoms with Gasteiger partial charge in [-0.15, -0.1) is 0 Å². The molecule has 6 nitrogen and oxygen atoms in total. The number of benzene rings is 1. The monoisotopic (exact) mass is 339 g/mol. The number of hydrogen-bond acceptors (Lipinski definition) is 3. The number of carbonyl (C=O) groups is 1. The van der Waals surface area contributed by atoms with Gasteiger partial charge in [-0.2, -0.15) is 0 Å². The number of anilines is 2. The van der Waals surface area contributed by atoms with Crippen molar-refractivity contribution < 1.29 is 13.2 Å². The predicted molar refractivity (Wildman–Crippen MR) is 93.3 cm³/mol. The van der Waals surface area contributed by atoms with Gasteiger partial charge in [-0.05, 0) is 30.9 Å². The van der Waals surface area contributed by atoms with Crippen molar-refractivity contribution in [1.82, 2.24) is 4.90 Å². The lowest BCUT2D eigenvalue weighted by atomic mass is 10.1. The van der Waals surface area contributed by atoms with E-state index >= 15 is 0 Å². The highest BCUT2D eigenvalue weighted by Crippen LogP contribution is 2.27. The summed E-state index contributed by atoms with van der Waals surface area (Å²) in [5.41, 5.74) is 0.966. The largest absolute Gasteiger partial charge is 0.324 e. The average Bonchev–Trinajstić information content (AvgIpc) is 2.71. The van der Waals surface area contributed by atoms with Gasteiger partial charge in [0.1, 0.15) is 0 Å². The molecule has 1 N–H and O–H groups in total. The molecule has 2 rings (SSSR count). The van der Waals surface area contributed by atoms with Crippen molar-refractivity contribution in [3.8, 4) is 0 Å². The van der Waals surface area contributed by atoms with E-state index in [1.807, 2.05) is 4.90 Å². The molecule has 1 heterocycles. The molecule has 7 heteroatoms. The summed E-state index contributed by atoms with van der Waals surface area (Å²) in [7, 11) is -1.90. The Morgan fingerprint density at radius 2 is 2.00 bits per heavy atom. The maximum absolute atomic E-state index is 12.5. The van der Waals surface area contributed by atoms with Crippen LogP contribution in [-0.4, -0.2) is 45.7 Å². The molecule has 1 aromatic carbocycles. The van der Waals surface area contributed by atoms with E-state index in [1.54, 1.807) is 24.3 Å². The molecule has 1 aliphatic rings. The van der Waals surface area contributed by atoms with E-state index in [0.717, 1.165) is 38.6 Å². The molecule has 1 aliphatic heterocycles. The zero-order valence-electron chi connectivity index (χ0n) is 13.9. The van der Waals surface area contributed by atoms with Crippen LogP contribution >= 0.6 is 0 Å². The number of urea groups is 1. The smallest absolute Gasteiger partial charge is 0.321 e. The minimum atomic E-state index is -3.39. The Hall–Kier alpha value is -1.76. The topological polar surface area (TPSA) is 69.7 Å². The van der Waals surface area contributed by atoms with Crippen molar-refractivity contribution in [2.75, 3.05) is 36.0 Å². The Morgan fingerprint density at radius 3 is 2.70 bits per heavy atom. The number of rotatable bonds is 3. The second-order valence-electron chi connectivity index (χ2n) is 6.22. The van der Waals surface area contributed by atoms with E-state index in [1.165, 1.54) is 11.4 Å². The van der Waals surface area contributed by atoms with Crippen LogP contribution < -0.4 is 9.62 Å². The van der Waals surface area contributed by atoms with E-state index in [2.05, 4.69) is 12.2 Å². The molecule has 0 aromatic heterocycles. The highest BCUT2D eigenvalue weighted by atomic mass is 32.2. The van der Waals surface area contributed by atoms with Crippen molar-refractivity contribution >= 4 is 27.4 Å². The Morgan fingerprint density at radius 1 is 1.30 bits per heavy atom. The van der Waals surface area contributed by atoms with Crippen LogP contribution in [0.3, 0.4) is 0 Å². The molecule has 1 aromatic rings. The quantitative estimate of drug-likeness (QED) is 0.920. The summed E-state index contributed by atoms with van der Waals surface area (Å²) in [6.45, 7) is 3.62. The first kappa shape index (κ1) is 17.6. The summed E-state index contributed by atoms with van der Waals surface area (Å²) in [6, 6.07) is 6.76. The van der Waals surface area contributed by atoms with Crippen LogP contribution in [0.15, 0.2) is 24.3 Å². The molecule has 0 spiro atoms. The number of hydrogen-bond donors (Lipinski definition) is 1. The van der Waals surface area contributed by atoms with Crippen molar-refractivity contribution in [2.24, 2.45) is 5.92 Å². The normalized spacial score (nSPS) is 19.1. The Labute approximate surface area is 138 Å². The lowest BCUT2D eigenvalue weighted by Crippen LogP contribution is -2.38. The fourth-order valence-corrected chi connectivity index (χ4v) is 3.28. The molecule has 128 valence electrons. The fourth-order valence-electron chi connectivity index (χ4n) is 2.77. The van der Waals surface area contributed by atoms with Crippen LogP contribution in [0, 0.1) is 5.92 Å². The summed E-state index contributed by atoms with van der Waals surface area (Å²) in [4.78, 5) is 14.4. The number of nitrogens with zero attached hydrogens (tertiary/aromatic N) is 2. The predicted octanol–water partition coefficient (Wildman–Crippen LogP) is 2.74. The maximum Gasteiger partial charge on any atom is 0.321 e. The molecular weight excluding hydrogens is 314 g/mol. The van der Waals surface area contributed by atoms with Crippen molar-refractivity contribution in [2.45, 2.75) is 26.2 Å². The zero-order valence-corrected chi connectivity index (χ0v) is 14.8. The summed E-state index contributed by atoms with van der Waals surface area (Å²) in [5.74, 6) is 0.484. The molecule has 2 amide bonds. The number of likely N-dealkylation sites (tertiary alicyclic amines) is 1. The van der Waals surface area contributed by atoms with Crippen LogP contribution in [0.1, 0.15) is 26.2 Å². The van der Waals surface area contributed by atoms with Crippen molar-refractivity contribution in [1.29, 1.82) is 0 Å². The van der Waals surface area contributed by atoms with E-state index < -0.39 is 10.0 Å². The van der Waals surface area contributed by atoms with Gasteiger partial charge in [-0.1, -0.05) is 25.5 Å². The lowest BCUT2D eigenvalue weighted by molar-refractivity contribution is 0.207. The van der Waals surface area contributed by atoms with Gasteiger partial charge < -0.3 is 10.2 Å². The summed E-state index contributed by atoms with van der Waals surface area (Å²) >= 11 is 0. The number of sulfonamides is 1. The van der Waals surface area contributed by atoms with Gasteiger partial charge in [0.2, 0.25) is 10.0 Å². The van der Waals surface area contributed by atoms with E-state index in [4.69, 9.17) is 0 Å². The van der Waals surface area contributed by atoms with Crippen molar-refractivity contribution in [3.05, 3.63) is 24.3 Å². The third-order valence-corrected chi connectivity index (χ3v) is 5.37. The van der Waals surface area contributed by atoms with E-state index in [0.29, 0.717) is 17.3 Å². The van der Waals surface area contributed by atoms with Gasteiger partial charge in [0.25, 0.3) is 0 Å². The van der Waals surface area contributed by atoms with Gasteiger partial charge in [0.05, 0.1) is 17.6 Å². The third-order valence-electron chi connectivity index (χ3n) is 4.18. The first-order chi connectivity index (χ1) is 10.8. The molecule has 0 aliphatic carbocycles. The molecule has 23 heavy (non-hydrogen) atoms. The van der Waals surface area contributed by atoms with Gasteiger partial charge >= 0.3 is 6.03 Å². The molecule has 1 fully saturated rings. The number of carbonyl (C=O) groups excluding carboxylic acids is 1. The maximum atomic E-state index is 12.5. The van der Waals surface area contributed by atoms with Gasteiger partial charge in [-0.3, -0.25) is 4.31 Å². The summed E-state index contributed by atoms with van der Waals surface area (Å²) in [5, 5.41) is 2.86. The SMILES string of the molecule is CC1CCCCN(C(=O)Nc2ccccc2N(C)S(C)(=O)=O)C1. The minimum absolute atomic E-state index is 0.173. The molecule has 1 saturated heterocycles. The van der Waals surface area contributed by atoms with Gasteiger partial charge in [-0.25, -0.2) is 13.2 Å².